The van der Waals surface area contributed by atoms with Crippen molar-refractivity contribution in [2.24, 2.45) is 0 Å². The van der Waals surface area contributed by atoms with Crippen molar-refractivity contribution in [2.75, 3.05) is 0 Å². The molecular formula is C14H14O. The number of hydrogen-bond acceptors (Lipinski definition) is 1. The molecule has 2 aliphatic rings. The van der Waals surface area contributed by atoms with Crippen molar-refractivity contribution in [3.63, 3.8) is 0 Å². The first kappa shape index (κ1) is 9.91. The van der Waals surface area contributed by atoms with Gasteiger partial charge >= 0.3 is 0 Å². The summed E-state index contributed by atoms with van der Waals surface area (Å²) in [4.78, 5) is 11.8. The third kappa shape index (κ3) is 2.24. The van der Waals surface area contributed by atoms with Gasteiger partial charge in [0.2, 0.25) is 0 Å². The minimum Gasteiger partial charge on any atom is -0.290 e. The van der Waals surface area contributed by atoms with E-state index in [-0.39, 0.29) is 5.78 Å². The van der Waals surface area contributed by atoms with Crippen LogP contribution in [0, 0.1) is 0 Å². The smallest absolute Gasteiger partial charge is 0.182 e. The summed E-state index contributed by atoms with van der Waals surface area (Å²) in [5.74, 6) is 0.144. The highest BCUT2D eigenvalue weighted by Crippen LogP contribution is 2.20. The lowest BCUT2D eigenvalue weighted by molar-refractivity contribution is -0.111. The van der Waals surface area contributed by atoms with E-state index >= 15 is 0 Å². The van der Waals surface area contributed by atoms with Gasteiger partial charge in [0.15, 0.2) is 5.78 Å². The number of carbonyl (C=O) groups excluding carboxylic acids is 1. The van der Waals surface area contributed by atoms with Gasteiger partial charge in [-0.05, 0) is 37.0 Å². The van der Waals surface area contributed by atoms with E-state index in [0.29, 0.717) is 0 Å². The Balaban J connectivity index is 2.06. The maximum absolute atomic E-state index is 11.8. The molecule has 0 saturated carbocycles. The maximum atomic E-state index is 11.8. The van der Waals surface area contributed by atoms with Gasteiger partial charge in [0.1, 0.15) is 0 Å². The normalized spacial score (nSPS) is 19.4. The van der Waals surface area contributed by atoms with Gasteiger partial charge in [0.25, 0.3) is 0 Å². The molecule has 1 heteroatoms. The predicted octanol–water partition coefficient (Wildman–Crippen LogP) is 3.27. The first-order chi connectivity index (χ1) is 7.27. The van der Waals surface area contributed by atoms with E-state index in [4.69, 9.17) is 0 Å². The lowest BCUT2D eigenvalue weighted by Gasteiger charge is -2.02. The van der Waals surface area contributed by atoms with Gasteiger partial charge in [-0.15, -0.1) is 0 Å². The summed E-state index contributed by atoms with van der Waals surface area (Å²) in [5.41, 5.74) is 3.22. The largest absolute Gasteiger partial charge is 0.290 e. The van der Waals surface area contributed by atoms with Crippen LogP contribution < -0.4 is 0 Å². The Kier molecular flexibility index (Phi) is 2.82. The Labute approximate surface area is 90.2 Å². The molecule has 0 atom stereocenters. The van der Waals surface area contributed by atoms with Crippen LogP contribution in [0.15, 0.2) is 59.3 Å². The summed E-state index contributed by atoms with van der Waals surface area (Å²) < 4.78 is 0. The molecular weight excluding hydrogens is 184 g/mol. The van der Waals surface area contributed by atoms with Crippen molar-refractivity contribution < 1.29 is 4.79 Å². The molecule has 0 aliphatic heterocycles. The molecule has 0 aromatic heterocycles. The molecule has 0 spiro atoms. The Bertz CT molecular complexity index is 428. The van der Waals surface area contributed by atoms with E-state index in [9.17, 15) is 4.79 Å². The molecule has 2 aliphatic carbocycles. The Morgan fingerprint density at radius 3 is 2.27 bits per heavy atom. The topological polar surface area (TPSA) is 17.1 Å². The van der Waals surface area contributed by atoms with E-state index in [1.165, 1.54) is 5.57 Å². The van der Waals surface area contributed by atoms with Crippen LogP contribution in [0.3, 0.4) is 0 Å². The van der Waals surface area contributed by atoms with Gasteiger partial charge in [-0.1, -0.05) is 36.5 Å². The molecule has 0 N–H and O–H groups in total. The van der Waals surface area contributed by atoms with Crippen LogP contribution in [0.4, 0.5) is 0 Å². The quantitative estimate of drug-likeness (QED) is 0.636. The van der Waals surface area contributed by atoms with Gasteiger partial charge in [-0.2, -0.15) is 0 Å². The SMILES string of the molecule is C/C(=C\C(=O)C1=CC=CC1)C1=CC=CC1. The lowest BCUT2D eigenvalue weighted by atomic mass is 10.0. The number of hydrogen-bond donors (Lipinski definition) is 0. The van der Waals surface area contributed by atoms with E-state index in [1.807, 2.05) is 31.2 Å². The van der Waals surface area contributed by atoms with E-state index < -0.39 is 0 Å². The monoisotopic (exact) mass is 198 g/mol. The van der Waals surface area contributed by atoms with Crippen LogP contribution >= 0.6 is 0 Å². The van der Waals surface area contributed by atoms with Crippen LogP contribution in [-0.4, -0.2) is 5.78 Å². The van der Waals surface area contributed by atoms with Crippen LogP contribution in [0.2, 0.25) is 0 Å². The summed E-state index contributed by atoms with van der Waals surface area (Å²) in [7, 11) is 0. The maximum Gasteiger partial charge on any atom is 0.182 e. The first-order valence-electron chi connectivity index (χ1n) is 5.22. The molecule has 0 bridgehead atoms. The number of ketones is 1. The molecule has 0 unspecified atom stereocenters. The first-order valence-corrected chi connectivity index (χ1v) is 5.22. The minimum atomic E-state index is 0.144. The third-order valence-electron chi connectivity index (χ3n) is 2.71. The van der Waals surface area contributed by atoms with E-state index in [1.54, 1.807) is 6.08 Å². The standard InChI is InChI=1S/C14H14O/c1-11(12-6-2-3-7-12)10-14(15)13-8-4-5-9-13/h2-6,8,10H,7,9H2,1H3/b11-10+. The van der Waals surface area contributed by atoms with Gasteiger partial charge in [0, 0.05) is 5.57 Å². The van der Waals surface area contributed by atoms with Crippen LogP contribution in [0.5, 0.6) is 0 Å². The molecule has 0 heterocycles. The average molecular weight is 198 g/mol. The molecule has 0 saturated heterocycles. The summed E-state index contributed by atoms with van der Waals surface area (Å²) in [6, 6.07) is 0. The number of rotatable bonds is 3. The van der Waals surface area contributed by atoms with Crippen molar-refractivity contribution in [3.05, 3.63) is 59.3 Å². The fourth-order valence-corrected chi connectivity index (χ4v) is 1.75. The zero-order chi connectivity index (χ0) is 10.7. The van der Waals surface area contributed by atoms with Crippen molar-refractivity contribution >= 4 is 5.78 Å². The van der Waals surface area contributed by atoms with Gasteiger partial charge < -0.3 is 0 Å². The number of allylic oxidation sites excluding steroid dienone is 10. The summed E-state index contributed by atoms with van der Waals surface area (Å²) >= 11 is 0. The van der Waals surface area contributed by atoms with E-state index in [0.717, 1.165) is 24.0 Å². The Morgan fingerprint density at radius 2 is 1.73 bits per heavy atom. The molecule has 0 aromatic carbocycles. The fraction of sp³-hybridized carbons (Fsp3) is 0.214. The van der Waals surface area contributed by atoms with Gasteiger partial charge in [0.05, 0.1) is 0 Å². The summed E-state index contributed by atoms with van der Waals surface area (Å²) in [6.07, 6.45) is 15.5. The minimum absolute atomic E-state index is 0.144. The Morgan fingerprint density at radius 1 is 1.13 bits per heavy atom. The molecule has 1 nitrogen and oxygen atoms in total. The molecule has 0 aromatic rings. The van der Waals surface area contributed by atoms with Gasteiger partial charge in [-0.25, -0.2) is 0 Å². The zero-order valence-electron chi connectivity index (χ0n) is 8.86. The zero-order valence-corrected chi connectivity index (χ0v) is 8.86. The fourth-order valence-electron chi connectivity index (χ4n) is 1.75. The summed E-state index contributed by atoms with van der Waals surface area (Å²) in [5, 5.41) is 0. The second-order valence-corrected chi connectivity index (χ2v) is 3.84. The molecule has 0 amide bonds. The van der Waals surface area contributed by atoms with Gasteiger partial charge in [-0.3, -0.25) is 4.79 Å². The highest BCUT2D eigenvalue weighted by Gasteiger charge is 2.09. The Hall–Kier alpha value is -1.63. The molecule has 0 radical (unpaired) electrons. The average Bonchev–Trinajstić information content (AvgIpc) is 2.91. The van der Waals surface area contributed by atoms with Crippen molar-refractivity contribution in [1.29, 1.82) is 0 Å². The second-order valence-electron chi connectivity index (χ2n) is 3.84. The molecule has 15 heavy (non-hydrogen) atoms. The van der Waals surface area contributed by atoms with E-state index in [2.05, 4.69) is 12.2 Å². The third-order valence-corrected chi connectivity index (χ3v) is 2.71. The summed E-state index contributed by atoms with van der Waals surface area (Å²) in [6.45, 7) is 2.00. The molecule has 2 rings (SSSR count). The number of carbonyl (C=O) groups is 1. The van der Waals surface area contributed by atoms with Crippen LogP contribution in [-0.2, 0) is 4.79 Å². The lowest BCUT2D eigenvalue weighted by Crippen LogP contribution is -1.97. The van der Waals surface area contributed by atoms with Crippen molar-refractivity contribution in [1.82, 2.24) is 0 Å². The predicted molar refractivity (Wildman–Crippen MR) is 62.4 cm³/mol. The van der Waals surface area contributed by atoms with Crippen molar-refractivity contribution in [2.45, 2.75) is 19.8 Å². The highest BCUT2D eigenvalue weighted by molar-refractivity contribution is 6.05. The molecule has 0 fully saturated rings. The van der Waals surface area contributed by atoms with Crippen LogP contribution in [0.25, 0.3) is 0 Å². The highest BCUT2D eigenvalue weighted by atomic mass is 16.1. The van der Waals surface area contributed by atoms with Crippen molar-refractivity contribution in [3.8, 4) is 0 Å². The second kappa shape index (κ2) is 4.26. The molecule has 76 valence electrons. The van der Waals surface area contributed by atoms with Crippen LogP contribution in [0.1, 0.15) is 19.8 Å².